The number of carbonyl (C=O) groups is 2. The first-order valence-corrected chi connectivity index (χ1v) is 15.0. The molecule has 4 rings (SSSR count). The molecule has 4 aromatic carbocycles. The van der Waals surface area contributed by atoms with E-state index in [2.05, 4.69) is 5.32 Å². The number of hydrogen-bond acceptors (Lipinski definition) is 4. The third-order valence-corrected chi connectivity index (χ3v) is 8.54. The summed E-state index contributed by atoms with van der Waals surface area (Å²) in [5, 5.41) is 2.87. The summed E-state index contributed by atoms with van der Waals surface area (Å²) in [6.07, 6.45) is 0.279. The second kappa shape index (κ2) is 13.8. The molecular weight excluding hydrogens is 534 g/mol. The van der Waals surface area contributed by atoms with Crippen LogP contribution in [-0.4, -0.2) is 44.3 Å². The normalized spacial score (nSPS) is 11.9. The molecule has 0 bridgehead atoms. The van der Waals surface area contributed by atoms with Crippen LogP contribution in [0.2, 0.25) is 0 Å². The molecule has 0 heterocycles. The van der Waals surface area contributed by atoms with E-state index in [1.807, 2.05) is 86.6 Å². The number of benzene rings is 4. The predicted octanol–water partition coefficient (Wildman–Crippen LogP) is 4.97. The van der Waals surface area contributed by atoms with Crippen LogP contribution in [0.4, 0.5) is 5.69 Å². The minimum absolute atomic E-state index is 0.0764. The summed E-state index contributed by atoms with van der Waals surface area (Å²) >= 11 is 0. The monoisotopic (exact) mass is 569 g/mol. The lowest BCUT2D eigenvalue weighted by atomic mass is 10.0. The van der Waals surface area contributed by atoms with E-state index < -0.39 is 28.5 Å². The average molecular weight is 570 g/mol. The van der Waals surface area contributed by atoms with Gasteiger partial charge >= 0.3 is 0 Å². The van der Waals surface area contributed by atoms with Crippen molar-refractivity contribution in [2.75, 3.05) is 17.4 Å². The Hall–Kier alpha value is -4.43. The van der Waals surface area contributed by atoms with Crippen molar-refractivity contribution in [3.63, 3.8) is 0 Å². The topological polar surface area (TPSA) is 86.8 Å². The molecule has 0 unspecified atom stereocenters. The molecule has 0 spiro atoms. The summed E-state index contributed by atoms with van der Waals surface area (Å²) in [5.41, 5.74) is 3.05. The number of aryl methyl sites for hydroxylation is 1. The van der Waals surface area contributed by atoms with E-state index >= 15 is 0 Å². The van der Waals surface area contributed by atoms with Crippen molar-refractivity contribution in [3.05, 3.63) is 132 Å². The quantitative estimate of drug-likeness (QED) is 0.261. The summed E-state index contributed by atoms with van der Waals surface area (Å²) in [6.45, 7) is 3.80. The highest BCUT2D eigenvalue weighted by atomic mass is 32.2. The van der Waals surface area contributed by atoms with E-state index in [1.165, 1.54) is 17.0 Å². The molecule has 1 N–H and O–H groups in total. The first-order valence-electron chi connectivity index (χ1n) is 13.6. The Kier molecular flexibility index (Phi) is 9.92. The third kappa shape index (κ3) is 7.61. The van der Waals surface area contributed by atoms with Crippen molar-refractivity contribution in [1.29, 1.82) is 0 Å². The molecule has 0 fully saturated rings. The van der Waals surface area contributed by atoms with Gasteiger partial charge in [-0.1, -0.05) is 96.6 Å². The standard InChI is InChI=1S/C33H35N3O4S/c1-3-34-33(38)31(23-27-13-7-4-8-14-27)35(24-28-15-9-5-10-16-28)32(37)25-36(29-21-19-26(2)20-22-29)41(39,40)30-17-11-6-12-18-30/h4-22,31H,3,23-25H2,1-2H3,(H,34,38)/t31-/m1/s1. The van der Waals surface area contributed by atoms with Crippen LogP contribution in [0, 0.1) is 6.92 Å². The van der Waals surface area contributed by atoms with Gasteiger partial charge in [-0.15, -0.1) is 0 Å². The molecule has 0 saturated carbocycles. The van der Waals surface area contributed by atoms with Gasteiger partial charge in [0, 0.05) is 19.5 Å². The van der Waals surface area contributed by atoms with Crippen LogP contribution in [0.1, 0.15) is 23.6 Å². The SMILES string of the molecule is CCNC(=O)[C@@H](Cc1ccccc1)N(Cc1ccccc1)C(=O)CN(c1ccc(C)cc1)S(=O)(=O)c1ccccc1. The Balaban J connectivity index is 1.77. The van der Waals surface area contributed by atoms with Crippen LogP contribution >= 0.6 is 0 Å². The molecule has 8 heteroatoms. The number of carbonyl (C=O) groups excluding carboxylic acids is 2. The van der Waals surface area contributed by atoms with Gasteiger partial charge in [-0.3, -0.25) is 13.9 Å². The molecule has 1 atom stereocenters. The van der Waals surface area contributed by atoms with Gasteiger partial charge in [0.25, 0.3) is 10.0 Å². The second-order valence-electron chi connectivity index (χ2n) is 9.77. The number of nitrogens with zero attached hydrogens (tertiary/aromatic N) is 2. The molecule has 0 aliphatic carbocycles. The van der Waals surface area contributed by atoms with Crippen molar-refractivity contribution in [2.45, 2.75) is 37.8 Å². The van der Waals surface area contributed by atoms with E-state index in [0.29, 0.717) is 12.2 Å². The lowest BCUT2D eigenvalue weighted by Gasteiger charge is -2.33. The maximum Gasteiger partial charge on any atom is 0.264 e. The lowest BCUT2D eigenvalue weighted by molar-refractivity contribution is -0.140. The summed E-state index contributed by atoms with van der Waals surface area (Å²) < 4.78 is 28.9. The molecule has 41 heavy (non-hydrogen) atoms. The van der Waals surface area contributed by atoms with Gasteiger partial charge in [-0.05, 0) is 49.2 Å². The van der Waals surface area contributed by atoms with E-state index in [1.54, 1.807) is 30.3 Å². The first-order chi connectivity index (χ1) is 19.8. The maximum atomic E-state index is 14.3. The highest BCUT2D eigenvalue weighted by Crippen LogP contribution is 2.25. The maximum absolute atomic E-state index is 14.3. The Morgan fingerprint density at radius 3 is 1.85 bits per heavy atom. The Morgan fingerprint density at radius 1 is 0.756 bits per heavy atom. The highest BCUT2D eigenvalue weighted by molar-refractivity contribution is 7.92. The largest absolute Gasteiger partial charge is 0.355 e. The molecule has 0 aliphatic heterocycles. The number of rotatable bonds is 12. The van der Waals surface area contributed by atoms with Crippen LogP contribution in [-0.2, 0) is 32.6 Å². The minimum Gasteiger partial charge on any atom is -0.355 e. The molecule has 2 amide bonds. The Labute approximate surface area is 242 Å². The lowest BCUT2D eigenvalue weighted by Crippen LogP contribution is -2.53. The van der Waals surface area contributed by atoms with Crippen LogP contribution in [0.3, 0.4) is 0 Å². The van der Waals surface area contributed by atoms with Crippen LogP contribution < -0.4 is 9.62 Å². The van der Waals surface area contributed by atoms with Gasteiger partial charge in [0.15, 0.2) is 0 Å². The molecular formula is C33H35N3O4S. The van der Waals surface area contributed by atoms with Crippen molar-refractivity contribution >= 4 is 27.5 Å². The fourth-order valence-electron chi connectivity index (χ4n) is 4.59. The van der Waals surface area contributed by atoms with E-state index in [4.69, 9.17) is 0 Å². The zero-order chi connectivity index (χ0) is 29.2. The zero-order valence-electron chi connectivity index (χ0n) is 23.3. The van der Waals surface area contributed by atoms with Crippen LogP contribution in [0.5, 0.6) is 0 Å². The Bertz CT molecular complexity index is 1530. The van der Waals surface area contributed by atoms with Gasteiger partial charge in [-0.2, -0.15) is 0 Å². The fourth-order valence-corrected chi connectivity index (χ4v) is 6.02. The van der Waals surface area contributed by atoms with Crippen LogP contribution in [0.15, 0.2) is 120 Å². The van der Waals surface area contributed by atoms with Crippen molar-refractivity contribution in [2.24, 2.45) is 0 Å². The summed E-state index contributed by atoms with van der Waals surface area (Å²) in [5.74, 6) is -0.783. The molecule has 0 saturated heterocycles. The number of amides is 2. The summed E-state index contributed by atoms with van der Waals surface area (Å²) in [6, 6.07) is 33.1. The number of nitrogens with one attached hydrogen (secondary N) is 1. The summed E-state index contributed by atoms with van der Waals surface area (Å²) in [4.78, 5) is 29.3. The number of hydrogen-bond donors (Lipinski definition) is 1. The van der Waals surface area contributed by atoms with E-state index in [9.17, 15) is 18.0 Å². The smallest absolute Gasteiger partial charge is 0.264 e. The number of anilines is 1. The number of likely N-dealkylation sites (N-methyl/N-ethyl adjacent to an activating group) is 1. The van der Waals surface area contributed by atoms with Crippen molar-refractivity contribution < 1.29 is 18.0 Å². The van der Waals surface area contributed by atoms with Crippen molar-refractivity contribution in [1.82, 2.24) is 10.2 Å². The first kappa shape index (κ1) is 29.6. The molecule has 0 aliphatic rings. The molecule has 4 aromatic rings. The highest BCUT2D eigenvalue weighted by Gasteiger charge is 2.34. The predicted molar refractivity (Wildman–Crippen MR) is 162 cm³/mol. The molecule has 212 valence electrons. The molecule has 7 nitrogen and oxygen atoms in total. The summed E-state index contributed by atoms with van der Waals surface area (Å²) in [7, 11) is -4.10. The molecule has 0 aromatic heterocycles. The van der Waals surface area contributed by atoms with E-state index in [-0.39, 0.29) is 23.8 Å². The van der Waals surface area contributed by atoms with Gasteiger partial charge < -0.3 is 10.2 Å². The van der Waals surface area contributed by atoms with E-state index in [0.717, 1.165) is 21.0 Å². The van der Waals surface area contributed by atoms with Gasteiger partial charge in [-0.25, -0.2) is 8.42 Å². The second-order valence-corrected chi connectivity index (χ2v) is 11.6. The minimum atomic E-state index is -4.10. The van der Waals surface area contributed by atoms with Crippen molar-refractivity contribution in [3.8, 4) is 0 Å². The van der Waals surface area contributed by atoms with Gasteiger partial charge in [0.2, 0.25) is 11.8 Å². The zero-order valence-corrected chi connectivity index (χ0v) is 24.1. The van der Waals surface area contributed by atoms with Gasteiger partial charge in [0.05, 0.1) is 10.6 Å². The number of sulfonamides is 1. The fraction of sp³-hybridized carbons (Fsp3) is 0.212. The Morgan fingerprint density at radius 2 is 1.29 bits per heavy atom. The van der Waals surface area contributed by atoms with Gasteiger partial charge in [0.1, 0.15) is 12.6 Å². The average Bonchev–Trinajstić information content (AvgIpc) is 2.99. The van der Waals surface area contributed by atoms with Crippen LogP contribution in [0.25, 0.3) is 0 Å². The molecule has 0 radical (unpaired) electrons. The third-order valence-electron chi connectivity index (χ3n) is 6.75.